The molecule has 0 amide bonds. The molecule has 0 radical (unpaired) electrons. The van der Waals surface area contributed by atoms with Gasteiger partial charge in [-0.25, -0.2) is 0 Å². The molecule has 2 aromatic carbocycles. The molecule has 1 unspecified atom stereocenters. The van der Waals surface area contributed by atoms with Gasteiger partial charge in [-0.05, 0) is 27.9 Å². The van der Waals surface area contributed by atoms with Crippen LogP contribution >= 0.6 is 0 Å². The summed E-state index contributed by atoms with van der Waals surface area (Å²) in [6.45, 7) is 0.0643. The Morgan fingerprint density at radius 3 is 2.69 bits per heavy atom. The van der Waals surface area contributed by atoms with E-state index in [0.717, 1.165) is 16.3 Å². The van der Waals surface area contributed by atoms with Gasteiger partial charge in [-0.15, -0.1) is 0 Å². The Kier molecular flexibility index (Phi) is 3.05. The van der Waals surface area contributed by atoms with Crippen molar-refractivity contribution in [2.24, 2.45) is 5.11 Å². The fourth-order valence-electron chi connectivity index (χ4n) is 1.63. The van der Waals surface area contributed by atoms with Gasteiger partial charge in [0.25, 0.3) is 0 Å². The normalized spacial score (nSPS) is 12.1. The predicted molar refractivity (Wildman–Crippen MR) is 62.9 cm³/mol. The van der Waals surface area contributed by atoms with Crippen molar-refractivity contribution in [3.63, 3.8) is 0 Å². The van der Waals surface area contributed by atoms with E-state index in [-0.39, 0.29) is 6.54 Å². The molecule has 4 heteroatoms. The molecule has 0 saturated heterocycles. The minimum absolute atomic E-state index is 0.0643. The lowest BCUT2D eigenvalue weighted by molar-refractivity contribution is 0.187. The first-order valence-corrected chi connectivity index (χ1v) is 4.99. The molecular weight excluding hydrogens is 202 g/mol. The summed E-state index contributed by atoms with van der Waals surface area (Å²) >= 11 is 0. The van der Waals surface area contributed by atoms with E-state index in [1.165, 1.54) is 0 Å². The monoisotopic (exact) mass is 213 g/mol. The van der Waals surface area contributed by atoms with Gasteiger partial charge >= 0.3 is 0 Å². The fourth-order valence-corrected chi connectivity index (χ4v) is 1.63. The number of aliphatic hydroxyl groups excluding tert-OH is 1. The van der Waals surface area contributed by atoms with E-state index in [2.05, 4.69) is 10.0 Å². The van der Waals surface area contributed by atoms with Crippen LogP contribution in [0.5, 0.6) is 0 Å². The van der Waals surface area contributed by atoms with Crippen LogP contribution in [0.3, 0.4) is 0 Å². The molecule has 1 atom stereocenters. The van der Waals surface area contributed by atoms with Crippen LogP contribution in [0.25, 0.3) is 21.2 Å². The van der Waals surface area contributed by atoms with Crippen molar-refractivity contribution in [1.82, 2.24) is 0 Å². The molecule has 0 bridgehead atoms. The first kappa shape index (κ1) is 10.5. The zero-order chi connectivity index (χ0) is 11.4. The Morgan fingerprint density at radius 1 is 1.19 bits per heavy atom. The Balaban J connectivity index is 2.35. The van der Waals surface area contributed by atoms with Gasteiger partial charge in [0.2, 0.25) is 0 Å². The minimum Gasteiger partial charge on any atom is -0.388 e. The molecule has 0 aliphatic rings. The van der Waals surface area contributed by atoms with Crippen LogP contribution in [0.15, 0.2) is 47.6 Å². The zero-order valence-electron chi connectivity index (χ0n) is 8.61. The number of fused-ring (bicyclic) bond motifs is 1. The number of benzene rings is 2. The summed E-state index contributed by atoms with van der Waals surface area (Å²) < 4.78 is 0. The zero-order valence-corrected chi connectivity index (χ0v) is 8.61. The highest BCUT2D eigenvalue weighted by Crippen LogP contribution is 2.20. The van der Waals surface area contributed by atoms with Gasteiger partial charge in [0.05, 0.1) is 12.6 Å². The van der Waals surface area contributed by atoms with Gasteiger partial charge in [0, 0.05) is 4.91 Å². The van der Waals surface area contributed by atoms with Crippen LogP contribution in [0.2, 0.25) is 0 Å². The molecule has 0 aliphatic heterocycles. The molecule has 4 nitrogen and oxygen atoms in total. The Hall–Kier alpha value is -2.03. The summed E-state index contributed by atoms with van der Waals surface area (Å²) in [5.41, 5.74) is 8.95. The van der Waals surface area contributed by atoms with Crippen LogP contribution < -0.4 is 0 Å². The Bertz CT molecular complexity index is 547. The van der Waals surface area contributed by atoms with Crippen LogP contribution in [-0.4, -0.2) is 11.7 Å². The van der Waals surface area contributed by atoms with Gasteiger partial charge in [-0.2, -0.15) is 0 Å². The second-order valence-electron chi connectivity index (χ2n) is 3.54. The van der Waals surface area contributed by atoms with Crippen molar-refractivity contribution < 1.29 is 5.11 Å². The van der Waals surface area contributed by atoms with Crippen LogP contribution in [0.1, 0.15) is 11.7 Å². The standard InChI is InChI=1S/C12H11N3O/c13-15-14-8-12(16)11-6-5-9-3-1-2-4-10(9)7-11/h1-7,12,16H,8H2. The first-order valence-electron chi connectivity index (χ1n) is 4.99. The van der Waals surface area contributed by atoms with Crippen molar-refractivity contribution in [1.29, 1.82) is 0 Å². The van der Waals surface area contributed by atoms with Gasteiger partial charge < -0.3 is 5.11 Å². The van der Waals surface area contributed by atoms with E-state index < -0.39 is 6.10 Å². The minimum atomic E-state index is -0.736. The maximum atomic E-state index is 9.75. The third kappa shape index (κ3) is 2.14. The van der Waals surface area contributed by atoms with Gasteiger partial charge in [0.1, 0.15) is 0 Å². The lowest BCUT2D eigenvalue weighted by Gasteiger charge is -2.08. The lowest BCUT2D eigenvalue weighted by Crippen LogP contribution is -2.00. The number of rotatable bonds is 3. The average molecular weight is 213 g/mol. The molecule has 0 fully saturated rings. The van der Waals surface area contributed by atoms with Crippen LogP contribution in [-0.2, 0) is 0 Å². The number of nitrogens with zero attached hydrogens (tertiary/aromatic N) is 3. The molecule has 0 saturated carbocycles. The molecular formula is C12H11N3O. The van der Waals surface area contributed by atoms with E-state index in [1.54, 1.807) is 0 Å². The molecule has 80 valence electrons. The summed E-state index contributed by atoms with van der Waals surface area (Å²) in [6, 6.07) is 13.6. The predicted octanol–water partition coefficient (Wildman–Crippen LogP) is 3.18. The second-order valence-corrected chi connectivity index (χ2v) is 3.54. The molecule has 0 aliphatic carbocycles. The number of aliphatic hydroxyl groups is 1. The fraction of sp³-hybridized carbons (Fsp3) is 0.167. The van der Waals surface area contributed by atoms with Gasteiger partial charge in [-0.3, -0.25) is 0 Å². The lowest BCUT2D eigenvalue weighted by atomic mass is 10.0. The molecule has 2 aromatic rings. The summed E-state index contributed by atoms with van der Waals surface area (Å²) in [6.07, 6.45) is -0.736. The average Bonchev–Trinajstić information content (AvgIpc) is 2.35. The van der Waals surface area contributed by atoms with Crippen molar-refractivity contribution in [3.8, 4) is 0 Å². The van der Waals surface area contributed by atoms with E-state index in [1.807, 2.05) is 42.5 Å². The molecule has 1 N–H and O–H groups in total. The quantitative estimate of drug-likeness (QED) is 0.474. The van der Waals surface area contributed by atoms with Crippen molar-refractivity contribution in [2.75, 3.05) is 6.54 Å². The highest BCUT2D eigenvalue weighted by molar-refractivity contribution is 5.83. The molecule has 0 heterocycles. The van der Waals surface area contributed by atoms with Crippen molar-refractivity contribution in [3.05, 3.63) is 58.5 Å². The number of hydrogen-bond acceptors (Lipinski definition) is 2. The highest BCUT2D eigenvalue weighted by atomic mass is 16.3. The maximum absolute atomic E-state index is 9.75. The molecule has 16 heavy (non-hydrogen) atoms. The van der Waals surface area contributed by atoms with Crippen molar-refractivity contribution >= 4 is 10.8 Å². The van der Waals surface area contributed by atoms with Crippen LogP contribution in [0.4, 0.5) is 0 Å². The highest BCUT2D eigenvalue weighted by Gasteiger charge is 2.06. The first-order chi connectivity index (χ1) is 7.81. The molecule has 2 rings (SSSR count). The SMILES string of the molecule is [N-]=[N+]=NCC(O)c1ccc2ccccc2c1. The third-order valence-electron chi connectivity index (χ3n) is 2.48. The summed E-state index contributed by atoms with van der Waals surface area (Å²) in [5, 5.41) is 15.3. The van der Waals surface area contributed by atoms with Gasteiger partial charge in [-0.1, -0.05) is 41.5 Å². The van der Waals surface area contributed by atoms with E-state index in [0.29, 0.717) is 0 Å². The van der Waals surface area contributed by atoms with E-state index in [4.69, 9.17) is 5.53 Å². The smallest absolute Gasteiger partial charge is 0.0846 e. The maximum Gasteiger partial charge on any atom is 0.0846 e. The van der Waals surface area contributed by atoms with E-state index in [9.17, 15) is 5.11 Å². The summed E-state index contributed by atoms with van der Waals surface area (Å²) in [7, 11) is 0. The Morgan fingerprint density at radius 2 is 1.94 bits per heavy atom. The topological polar surface area (TPSA) is 69.0 Å². The number of hydrogen-bond donors (Lipinski definition) is 1. The Labute approximate surface area is 92.8 Å². The molecule has 0 spiro atoms. The third-order valence-corrected chi connectivity index (χ3v) is 2.48. The largest absolute Gasteiger partial charge is 0.388 e. The van der Waals surface area contributed by atoms with Crippen molar-refractivity contribution in [2.45, 2.75) is 6.10 Å². The van der Waals surface area contributed by atoms with Crippen LogP contribution in [0, 0.1) is 0 Å². The second kappa shape index (κ2) is 4.66. The summed E-state index contributed by atoms with van der Waals surface area (Å²) in [4.78, 5) is 2.63. The summed E-state index contributed by atoms with van der Waals surface area (Å²) in [5.74, 6) is 0. The number of azide groups is 1. The molecule has 0 aromatic heterocycles. The van der Waals surface area contributed by atoms with Gasteiger partial charge in [0.15, 0.2) is 0 Å². The van der Waals surface area contributed by atoms with E-state index >= 15 is 0 Å².